The van der Waals surface area contributed by atoms with E-state index in [1.165, 1.54) is 12.1 Å². The number of halogens is 2. The molecule has 1 unspecified atom stereocenters. The van der Waals surface area contributed by atoms with Crippen molar-refractivity contribution in [2.75, 3.05) is 19.8 Å². The Labute approximate surface area is 240 Å². The van der Waals surface area contributed by atoms with Crippen molar-refractivity contribution in [1.29, 1.82) is 0 Å². The summed E-state index contributed by atoms with van der Waals surface area (Å²) in [5, 5.41) is 4.06. The first kappa shape index (κ1) is 28.6. The average Bonchev–Trinajstić information content (AvgIpc) is 3.48. The van der Waals surface area contributed by atoms with E-state index in [9.17, 15) is 4.79 Å². The molecule has 5 rings (SSSR count). The van der Waals surface area contributed by atoms with Crippen LogP contribution in [-0.2, 0) is 4.74 Å². The number of carbonyl (C=O) groups excluding carboxylic acids is 1. The molecule has 40 heavy (non-hydrogen) atoms. The first-order chi connectivity index (χ1) is 19.4. The Kier molecular flexibility index (Phi) is 9.37. The number of amides is 1. The van der Waals surface area contributed by atoms with E-state index in [1.807, 2.05) is 30.3 Å². The molecule has 212 valence electrons. The largest absolute Gasteiger partial charge is 0.488 e. The molecule has 3 aromatic rings. The summed E-state index contributed by atoms with van der Waals surface area (Å²) >= 11 is 6.67. The highest BCUT2D eigenvalue weighted by molar-refractivity contribution is 6.33. The number of nitrogens with one attached hydrogen (secondary N) is 1. The summed E-state index contributed by atoms with van der Waals surface area (Å²) in [6, 6.07) is 19.4. The van der Waals surface area contributed by atoms with Crippen molar-refractivity contribution in [3.63, 3.8) is 0 Å². The number of carbonyl (C=O) groups is 1. The van der Waals surface area contributed by atoms with E-state index in [4.69, 9.17) is 32.5 Å². The van der Waals surface area contributed by atoms with Crippen LogP contribution in [0.3, 0.4) is 0 Å². The van der Waals surface area contributed by atoms with Gasteiger partial charge in [-0.05, 0) is 73.9 Å². The highest BCUT2D eigenvalue weighted by Crippen LogP contribution is 2.39. The number of rotatable bonds is 10. The highest BCUT2D eigenvalue weighted by atomic mass is 35.5. The highest BCUT2D eigenvalue weighted by Gasteiger charge is 2.25. The fourth-order valence-corrected chi connectivity index (χ4v) is 5.98. The number of nitrogens with two attached hydrogens (primary N) is 2. The lowest BCUT2D eigenvalue weighted by Crippen LogP contribution is -2.39. The van der Waals surface area contributed by atoms with Crippen LogP contribution in [0.1, 0.15) is 65.9 Å². The fourth-order valence-electron chi connectivity index (χ4n) is 5.77. The van der Waals surface area contributed by atoms with Gasteiger partial charge in [0.15, 0.2) is 11.6 Å². The zero-order valence-corrected chi connectivity index (χ0v) is 23.3. The van der Waals surface area contributed by atoms with Crippen LogP contribution in [0.15, 0.2) is 60.7 Å². The van der Waals surface area contributed by atoms with Gasteiger partial charge in [0.25, 0.3) is 0 Å². The Morgan fingerprint density at radius 3 is 2.52 bits per heavy atom. The molecule has 2 aliphatic rings. The lowest BCUT2D eigenvalue weighted by Gasteiger charge is -2.29. The van der Waals surface area contributed by atoms with Gasteiger partial charge in [-0.25, -0.2) is 4.39 Å². The third-order valence-corrected chi connectivity index (χ3v) is 8.40. The molecule has 1 saturated heterocycles. The van der Waals surface area contributed by atoms with Crippen LogP contribution in [0, 0.1) is 5.82 Å². The lowest BCUT2D eigenvalue weighted by atomic mass is 9.87. The molecule has 0 aromatic heterocycles. The lowest BCUT2D eigenvalue weighted by molar-refractivity contribution is 0.0666. The second kappa shape index (κ2) is 13.1. The van der Waals surface area contributed by atoms with Crippen molar-refractivity contribution in [3.8, 4) is 16.9 Å². The number of hydrogen-bond donors (Lipinski definition) is 3. The molecular weight excluding hydrogens is 529 g/mol. The number of hydrogen-bond acceptors (Lipinski definition) is 5. The maximum absolute atomic E-state index is 16.1. The van der Waals surface area contributed by atoms with Crippen molar-refractivity contribution < 1.29 is 18.7 Å². The number of ether oxygens (including phenoxy) is 2. The fraction of sp³-hybridized carbons (Fsp3) is 0.406. The van der Waals surface area contributed by atoms with Crippen LogP contribution in [0.2, 0.25) is 5.02 Å². The van der Waals surface area contributed by atoms with E-state index >= 15 is 4.39 Å². The SMILES string of the molecule is NC(=O)c1ccc(OC[C@@H]2CCCO2)c(F)c1-c1cc(C(CNC2CCC(N)CC2)c2ccccc2)ccc1Cl. The minimum absolute atomic E-state index is 0.0214. The van der Waals surface area contributed by atoms with Gasteiger partial charge in [0.2, 0.25) is 5.91 Å². The molecule has 3 aromatic carbocycles. The van der Waals surface area contributed by atoms with Gasteiger partial charge < -0.3 is 26.3 Å². The first-order valence-corrected chi connectivity index (χ1v) is 14.5. The summed E-state index contributed by atoms with van der Waals surface area (Å²) in [6.45, 7) is 1.60. The Morgan fingerprint density at radius 1 is 1.05 bits per heavy atom. The minimum atomic E-state index is -0.738. The zero-order valence-electron chi connectivity index (χ0n) is 22.6. The molecule has 8 heteroatoms. The van der Waals surface area contributed by atoms with E-state index in [1.54, 1.807) is 6.07 Å². The maximum atomic E-state index is 16.1. The molecule has 2 fully saturated rings. The van der Waals surface area contributed by atoms with Gasteiger partial charge in [-0.1, -0.05) is 48.0 Å². The summed E-state index contributed by atoms with van der Waals surface area (Å²) in [5.74, 6) is -1.39. The summed E-state index contributed by atoms with van der Waals surface area (Å²) in [7, 11) is 0. The quantitative estimate of drug-likeness (QED) is 0.289. The van der Waals surface area contributed by atoms with Gasteiger partial charge in [-0.2, -0.15) is 0 Å². The molecule has 1 heterocycles. The minimum Gasteiger partial charge on any atom is -0.488 e. The van der Waals surface area contributed by atoms with Crippen LogP contribution >= 0.6 is 11.6 Å². The van der Waals surface area contributed by atoms with Gasteiger partial charge in [-0.3, -0.25) is 4.79 Å². The molecule has 0 spiro atoms. The van der Waals surface area contributed by atoms with Gasteiger partial charge in [0.05, 0.1) is 11.7 Å². The molecule has 1 saturated carbocycles. The summed E-state index contributed by atoms with van der Waals surface area (Å²) in [6.07, 6.45) is 5.85. The van der Waals surface area contributed by atoms with E-state index < -0.39 is 11.7 Å². The predicted molar refractivity (Wildman–Crippen MR) is 156 cm³/mol. The Morgan fingerprint density at radius 2 is 1.82 bits per heavy atom. The third kappa shape index (κ3) is 6.66. The third-order valence-electron chi connectivity index (χ3n) is 8.07. The normalized spacial score (nSPS) is 21.7. The molecule has 0 bridgehead atoms. The van der Waals surface area contributed by atoms with E-state index in [0.29, 0.717) is 29.8 Å². The topological polar surface area (TPSA) is 99.6 Å². The van der Waals surface area contributed by atoms with E-state index in [0.717, 1.165) is 49.7 Å². The van der Waals surface area contributed by atoms with Crippen molar-refractivity contribution >= 4 is 17.5 Å². The van der Waals surface area contributed by atoms with Crippen molar-refractivity contribution in [2.24, 2.45) is 11.5 Å². The number of benzene rings is 3. The van der Waals surface area contributed by atoms with Crippen LogP contribution < -0.4 is 21.5 Å². The average molecular weight is 566 g/mol. The molecule has 6 nitrogen and oxygen atoms in total. The predicted octanol–water partition coefficient (Wildman–Crippen LogP) is 5.79. The van der Waals surface area contributed by atoms with Gasteiger partial charge in [0.1, 0.15) is 6.61 Å². The zero-order chi connectivity index (χ0) is 28.1. The Hall–Kier alpha value is -2.97. The van der Waals surface area contributed by atoms with Crippen molar-refractivity contribution in [3.05, 3.63) is 88.2 Å². The second-order valence-corrected chi connectivity index (χ2v) is 11.2. The second-order valence-electron chi connectivity index (χ2n) is 10.8. The standard InChI is InChI=1S/C32H37ClFN3O3/c33-28-14-8-21(27(20-5-2-1-3-6-20)18-37-23-11-9-22(35)10-12-23)17-26(28)30-25(32(36)38)13-15-29(31(30)34)40-19-24-7-4-16-39-24/h1-3,5-6,8,13-15,17,22-24,27,37H,4,7,9-12,16,18-19,35H2,(H2,36,38)/t22?,23?,24-,27?/m0/s1. The molecule has 0 radical (unpaired) electrons. The molecule has 1 aliphatic carbocycles. The maximum Gasteiger partial charge on any atom is 0.249 e. The Bertz CT molecular complexity index is 1310. The van der Waals surface area contributed by atoms with Crippen LogP contribution in [0.5, 0.6) is 5.75 Å². The van der Waals surface area contributed by atoms with Crippen molar-refractivity contribution in [2.45, 2.75) is 62.6 Å². The molecule has 5 N–H and O–H groups in total. The van der Waals surface area contributed by atoms with Gasteiger partial charge in [0, 0.05) is 47.3 Å². The first-order valence-electron chi connectivity index (χ1n) is 14.1. The summed E-state index contributed by atoms with van der Waals surface area (Å²) < 4.78 is 27.5. The molecule has 1 amide bonds. The summed E-state index contributed by atoms with van der Waals surface area (Å²) in [4.78, 5) is 12.4. The Balaban J connectivity index is 1.49. The molecular formula is C32H37ClFN3O3. The van der Waals surface area contributed by atoms with Gasteiger partial charge >= 0.3 is 0 Å². The van der Waals surface area contributed by atoms with Gasteiger partial charge in [-0.15, -0.1) is 0 Å². The van der Waals surface area contributed by atoms with Crippen LogP contribution in [0.4, 0.5) is 4.39 Å². The van der Waals surface area contributed by atoms with E-state index in [-0.39, 0.29) is 41.5 Å². The summed E-state index contributed by atoms with van der Waals surface area (Å²) in [5.41, 5.74) is 14.4. The monoisotopic (exact) mass is 565 g/mol. The van der Waals surface area contributed by atoms with Crippen LogP contribution in [-0.4, -0.2) is 43.9 Å². The van der Waals surface area contributed by atoms with Crippen molar-refractivity contribution in [1.82, 2.24) is 5.32 Å². The smallest absolute Gasteiger partial charge is 0.249 e. The number of primary amides is 1. The van der Waals surface area contributed by atoms with E-state index in [2.05, 4.69) is 17.4 Å². The molecule has 2 atom stereocenters. The molecule has 1 aliphatic heterocycles. The van der Waals surface area contributed by atoms with Crippen LogP contribution in [0.25, 0.3) is 11.1 Å².